The van der Waals surface area contributed by atoms with E-state index < -0.39 is 5.91 Å². The standard InChI is InChI=1S/C19H21ClN2O4/c1-25-16-10-14(19(21)24)15(11-17(16)26-2)22-18(23)5-3-4-12-6-8-13(20)9-7-12/h6-11H,3-5H2,1-2H3,(H2,21,24)(H,22,23). The van der Waals surface area contributed by atoms with Crippen LogP contribution in [0.3, 0.4) is 0 Å². The van der Waals surface area contributed by atoms with Gasteiger partial charge in [0.25, 0.3) is 5.91 Å². The first-order chi connectivity index (χ1) is 12.4. The van der Waals surface area contributed by atoms with Gasteiger partial charge in [0, 0.05) is 17.5 Å². The molecule has 0 atom stereocenters. The molecular formula is C19H21ClN2O4. The summed E-state index contributed by atoms with van der Waals surface area (Å²) in [6, 6.07) is 10.5. The molecule has 0 fully saturated rings. The number of rotatable bonds is 8. The van der Waals surface area contributed by atoms with Crippen molar-refractivity contribution in [3.8, 4) is 11.5 Å². The lowest BCUT2D eigenvalue weighted by atomic mass is 10.1. The first-order valence-corrected chi connectivity index (χ1v) is 8.42. The molecule has 0 saturated carbocycles. The van der Waals surface area contributed by atoms with Crippen molar-refractivity contribution in [2.75, 3.05) is 19.5 Å². The van der Waals surface area contributed by atoms with Gasteiger partial charge in [-0.05, 0) is 36.6 Å². The number of nitrogens with two attached hydrogens (primary N) is 1. The van der Waals surface area contributed by atoms with E-state index in [0.717, 1.165) is 12.0 Å². The Morgan fingerprint density at radius 2 is 1.69 bits per heavy atom. The number of primary amides is 1. The molecule has 2 amide bonds. The van der Waals surface area contributed by atoms with E-state index in [1.165, 1.54) is 26.4 Å². The van der Waals surface area contributed by atoms with Gasteiger partial charge < -0.3 is 20.5 Å². The number of ether oxygens (including phenoxy) is 2. The Hall–Kier alpha value is -2.73. The fraction of sp³-hybridized carbons (Fsp3) is 0.263. The van der Waals surface area contributed by atoms with Gasteiger partial charge in [0.15, 0.2) is 11.5 Å². The molecule has 0 unspecified atom stereocenters. The summed E-state index contributed by atoms with van der Waals surface area (Å²) in [4.78, 5) is 23.9. The molecule has 0 spiro atoms. The van der Waals surface area contributed by atoms with E-state index in [4.69, 9.17) is 26.8 Å². The van der Waals surface area contributed by atoms with E-state index in [0.29, 0.717) is 35.1 Å². The number of halogens is 1. The van der Waals surface area contributed by atoms with Crippen LogP contribution in [-0.2, 0) is 11.2 Å². The van der Waals surface area contributed by atoms with Gasteiger partial charge in [0.1, 0.15) is 0 Å². The zero-order valence-electron chi connectivity index (χ0n) is 14.7. The molecule has 0 aliphatic heterocycles. The van der Waals surface area contributed by atoms with Gasteiger partial charge in [-0.15, -0.1) is 0 Å². The first-order valence-electron chi connectivity index (χ1n) is 8.04. The lowest BCUT2D eigenvalue weighted by molar-refractivity contribution is -0.116. The van der Waals surface area contributed by atoms with Crippen LogP contribution in [0.2, 0.25) is 5.02 Å². The van der Waals surface area contributed by atoms with Crippen molar-refractivity contribution in [2.45, 2.75) is 19.3 Å². The quantitative estimate of drug-likeness (QED) is 0.738. The maximum absolute atomic E-state index is 12.2. The number of anilines is 1. The van der Waals surface area contributed by atoms with Gasteiger partial charge in [-0.2, -0.15) is 0 Å². The fourth-order valence-electron chi connectivity index (χ4n) is 2.50. The Kier molecular flexibility index (Phi) is 6.86. The second-order valence-electron chi connectivity index (χ2n) is 5.65. The van der Waals surface area contributed by atoms with Crippen LogP contribution in [-0.4, -0.2) is 26.0 Å². The van der Waals surface area contributed by atoms with Crippen LogP contribution < -0.4 is 20.5 Å². The van der Waals surface area contributed by atoms with E-state index in [-0.39, 0.29) is 11.5 Å². The minimum Gasteiger partial charge on any atom is -0.493 e. The molecule has 2 aromatic carbocycles. The Morgan fingerprint density at radius 3 is 2.27 bits per heavy atom. The summed E-state index contributed by atoms with van der Waals surface area (Å²) >= 11 is 5.85. The highest BCUT2D eigenvalue weighted by Crippen LogP contribution is 2.33. The van der Waals surface area contributed by atoms with E-state index in [9.17, 15) is 9.59 Å². The summed E-state index contributed by atoms with van der Waals surface area (Å²) < 4.78 is 10.4. The average Bonchev–Trinajstić information content (AvgIpc) is 2.62. The molecule has 138 valence electrons. The second kappa shape index (κ2) is 9.10. The monoisotopic (exact) mass is 376 g/mol. The van der Waals surface area contributed by atoms with Gasteiger partial charge in [-0.3, -0.25) is 9.59 Å². The SMILES string of the molecule is COc1cc(NC(=O)CCCc2ccc(Cl)cc2)c(C(N)=O)cc1OC. The van der Waals surface area contributed by atoms with Crippen molar-refractivity contribution >= 4 is 29.1 Å². The zero-order valence-corrected chi connectivity index (χ0v) is 15.4. The second-order valence-corrected chi connectivity index (χ2v) is 6.08. The Morgan fingerprint density at radius 1 is 1.08 bits per heavy atom. The van der Waals surface area contributed by atoms with E-state index in [1.54, 1.807) is 0 Å². The van der Waals surface area contributed by atoms with Gasteiger partial charge in [-0.1, -0.05) is 23.7 Å². The lowest BCUT2D eigenvalue weighted by Gasteiger charge is -2.14. The maximum atomic E-state index is 12.2. The number of hydrogen-bond donors (Lipinski definition) is 2. The highest BCUT2D eigenvalue weighted by Gasteiger charge is 2.16. The number of carbonyl (C=O) groups is 2. The predicted molar refractivity (Wildman–Crippen MR) is 101 cm³/mol. The molecule has 3 N–H and O–H groups in total. The predicted octanol–water partition coefficient (Wildman–Crippen LogP) is 3.42. The van der Waals surface area contributed by atoms with Crippen LogP contribution >= 0.6 is 11.6 Å². The van der Waals surface area contributed by atoms with Crippen LogP contribution in [0.25, 0.3) is 0 Å². The molecule has 7 heteroatoms. The summed E-state index contributed by atoms with van der Waals surface area (Å²) in [5.41, 5.74) is 6.96. The largest absolute Gasteiger partial charge is 0.493 e. The smallest absolute Gasteiger partial charge is 0.250 e. The van der Waals surface area contributed by atoms with Gasteiger partial charge >= 0.3 is 0 Å². The van der Waals surface area contributed by atoms with Crippen LogP contribution in [0.5, 0.6) is 11.5 Å². The molecule has 0 heterocycles. The van der Waals surface area contributed by atoms with Crippen molar-refractivity contribution in [3.63, 3.8) is 0 Å². The number of carbonyl (C=O) groups excluding carboxylic acids is 2. The Balaban J connectivity index is 2.03. The minimum atomic E-state index is -0.664. The summed E-state index contributed by atoms with van der Waals surface area (Å²) in [5.74, 6) is -0.118. The molecule has 0 saturated heterocycles. The molecule has 0 aliphatic carbocycles. The fourth-order valence-corrected chi connectivity index (χ4v) is 2.63. The summed E-state index contributed by atoms with van der Waals surface area (Å²) in [7, 11) is 2.93. The van der Waals surface area contributed by atoms with Gasteiger partial charge in [0.05, 0.1) is 25.5 Å². The van der Waals surface area contributed by atoms with Crippen LogP contribution in [0.1, 0.15) is 28.8 Å². The number of methoxy groups -OCH3 is 2. The summed E-state index contributed by atoms with van der Waals surface area (Å²) in [5, 5.41) is 3.40. The molecule has 6 nitrogen and oxygen atoms in total. The maximum Gasteiger partial charge on any atom is 0.250 e. The molecular weight excluding hydrogens is 356 g/mol. The normalized spacial score (nSPS) is 10.3. The number of nitrogens with one attached hydrogen (secondary N) is 1. The van der Waals surface area contributed by atoms with Crippen LogP contribution in [0.4, 0.5) is 5.69 Å². The highest BCUT2D eigenvalue weighted by atomic mass is 35.5. The van der Waals surface area contributed by atoms with Crippen molar-refractivity contribution < 1.29 is 19.1 Å². The third kappa shape index (κ3) is 5.13. The van der Waals surface area contributed by atoms with Gasteiger partial charge in [0.2, 0.25) is 5.91 Å². The molecule has 2 rings (SSSR count). The van der Waals surface area contributed by atoms with E-state index >= 15 is 0 Å². The lowest BCUT2D eigenvalue weighted by Crippen LogP contribution is -2.18. The van der Waals surface area contributed by atoms with Crippen molar-refractivity contribution in [2.24, 2.45) is 5.73 Å². The summed E-state index contributed by atoms with van der Waals surface area (Å²) in [6.45, 7) is 0. The van der Waals surface area contributed by atoms with Crippen molar-refractivity contribution in [1.29, 1.82) is 0 Å². The molecule has 0 aliphatic rings. The summed E-state index contributed by atoms with van der Waals surface area (Å²) in [6.07, 6.45) is 1.71. The molecule has 2 aromatic rings. The topological polar surface area (TPSA) is 90.6 Å². The van der Waals surface area contributed by atoms with E-state index in [2.05, 4.69) is 5.32 Å². The number of amides is 2. The van der Waals surface area contributed by atoms with Crippen LogP contribution in [0, 0.1) is 0 Å². The number of aryl methyl sites for hydroxylation is 1. The number of benzene rings is 2. The van der Waals surface area contributed by atoms with Crippen LogP contribution in [0.15, 0.2) is 36.4 Å². The minimum absolute atomic E-state index is 0.161. The Labute approximate surface area is 157 Å². The third-order valence-corrected chi connectivity index (χ3v) is 4.10. The number of hydrogen-bond acceptors (Lipinski definition) is 4. The average molecular weight is 377 g/mol. The highest BCUT2D eigenvalue weighted by molar-refractivity contribution is 6.30. The van der Waals surface area contributed by atoms with Crippen molar-refractivity contribution in [1.82, 2.24) is 0 Å². The molecule has 0 radical (unpaired) electrons. The molecule has 26 heavy (non-hydrogen) atoms. The first kappa shape index (κ1) is 19.6. The third-order valence-electron chi connectivity index (χ3n) is 3.85. The Bertz CT molecular complexity index is 791. The van der Waals surface area contributed by atoms with E-state index in [1.807, 2.05) is 24.3 Å². The van der Waals surface area contributed by atoms with Gasteiger partial charge in [-0.25, -0.2) is 0 Å². The molecule has 0 aromatic heterocycles. The molecule has 0 bridgehead atoms. The zero-order chi connectivity index (χ0) is 19.1. The van der Waals surface area contributed by atoms with Crippen molar-refractivity contribution in [3.05, 3.63) is 52.5 Å².